The summed E-state index contributed by atoms with van der Waals surface area (Å²) in [5.41, 5.74) is 1.63. The number of carbonyl (C=O) groups is 1. The number of aromatic carboxylic acids is 1. The average Bonchev–Trinajstić information content (AvgIpc) is 3.03. The van der Waals surface area contributed by atoms with Crippen LogP contribution in [0.25, 0.3) is 10.9 Å². The number of hydrogen-bond donors (Lipinski definition) is 2. The Labute approximate surface area is 138 Å². The summed E-state index contributed by atoms with van der Waals surface area (Å²) in [7, 11) is 3.03. The van der Waals surface area contributed by atoms with Gasteiger partial charge in [-0.15, -0.1) is 0 Å². The summed E-state index contributed by atoms with van der Waals surface area (Å²) in [6, 6.07) is 13.0. The van der Waals surface area contributed by atoms with Crippen LogP contribution in [0.2, 0.25) is 0 Å². The largest absolute Gasteiger partial charge is 0.493 e. The van der Waals surface area contributed by atoms with Gasteiger partial charge in [0.05, 0.1) is 19.7 Å². The van der Waals surface area contributed by atoms with Gasteiger partial charge in [-0.25, -0.2) is 4.79 Å². The highest BCUT2D eigenvalue weighted by molar-refractivity contribution is 5.98. The number of carboxylic acids is 1. The third-order valence-corrected chi connectivity index (χ3v) is 3.67. The molecule has 6 nitrogen and oxygen atoms in total. The molecule has 1 aromatic heterocycles. The molecular weight excluding hydrogens is 310 g/mol. The highest BCUT2D eigenvalue weighted by atomic mass is 16.5. The maximum absolute atomic E-state index is 11.2. The zero-order valence-electron chi connectivity index (χ0n) is 13.3. The Balaban J connectivity index is 2.05. The second kappa shape index (κ2) is 6.54. The van der Waals surface area contributed by atoms with Crippen LogP contribution in [-0.4, -0.2) is 30.3 Å². The van der Waals surface area contributed by atoms with Crippen LogP contribution in [0.15, 0.2) is 42.5 Å². The fourth-order valence-electron chi connectivity index (χ4n) is 2.53. The summed E-state index contributed by atoms with van der Waals surface area (Å²) >= 11 is 0. The van der Waals surface area contributed by atoms with E-state index in [9.17, 15) is 4.79 Å². The molecule has 0 amide bonds. The van der Waals surface area contributed by atoms with Gasteiger partial charge in [0, 0.05) is 5.39 Å². The first-order valence-electron chi connectivity index (χ1n) is 7.31. The lowest BCUT2D eigenvalue weighted by Gasteiger charge is -2.15. The molecule has 2 N–H and O–H groups in total. The summed E-state index contributed by atoms with van der Waals surface area (Å²) in [5, 5.41) is 9.84. The summed E-state index contributed by atoms with van der Waals surface area (Å²) in [4.78, 5) is 14.0. The van der Waals surface area contributed by atoms with Crippen molar-refractivity contribution in [3.63, 3.8) is 0 Å². The van der Waals surface area contributed by atoms with E-state index in [0.29, 0.717) is 34.8 Å². The molecule has 0 bridgehead atoms. The number of nitrogens with one attached hydrogen (secondary N) is 1. The Hall–Kier alpha value is -3.15. The van der Waals surface area contributed by atoms with Crippen LogP contribution in [0.1, 0.15) is 16.1 Å². The second-order valence-corrected chi connectivity index (χ2v) is 5.17. The topological polar surface area (TPSA) is 80.8 Å². The number of methoxy groups -OCH3 is 2. The van der Waals surface area contributed by atoms with E-state index in [4.69, 9.17) is 19.3 Å². The highest BCUT2D eigenvalue weighted by Crippen LogP contribution is 2.43. The molecule has 0 saturated carbocycles. The van der Waals surface area contributed by atoms with Crippen LogP contribution in [0.5, 0.6) is 17.2 Å². The average molecular weight is 327 g/mol. The third-order valence-electron chi connectivity index (χ3n) is 3.67. The predicted molar refractivity (Wildman–Crippen MR) is 89.1 cm³/mol. The Morgan fingerprint density at radius 2 is 1.83 bits per heavy atom. The lowest BCUT2D eigenvalue weighted by molar-refractivity contribution is 0.0691. The van der Waals surface area contributed by atoms with Gasteiger partial charge in [0.25, 0.3) is 0 Å². The van der Waals surface area contributed by atoms with Crippen LogP contribution < -0.4 is 14.2 Å². The minimum Gasteiger partial charge on any atom is -0.493 e. The zero-order valence-corrected chi connectivity index (χ0v) is 13.3. The predicted octanol–water partition coefficient (Wildman–Crippen LogP) is 3.46. The molecule has 24 heavy (non-hydrogen) atoms. The van der Waals surface area contributed by atoms with Gasteiger partial charge in [0.2, 0.25) is 5.75 Å². The van der Waals surface area contributed by atoms with Crippen LogP contribution in [0.4, 0.5) is 0 Å². The molecule has 0 unspecified atom stereocenters. The first kappa shape index (κ1) is 15.7. The van der Waals surface area contributed by atoms with E-state index in [-0.39, 0.29) is 5.69 Å². The van der Waals surface area contributed by atoms with Gasteiger partial charge in [-0.2, -0.15) is 0 Å². The molecule has 0 fully saturated rings. The van der Waals surface area contributed by atoms with Crippen molar-refractivity contribution >= 4 is 16.9 Å². The molecular formula is C18H17NO5. The second-order valence-electron chi connectivity index (χ2n) is 5.17. The molecule has 0 aliphatic heterocycles. The van der Waals surface area contributed by atoms with Gasteiger partial charge in [0.1, 0.15) is 12.3 Å². The van der Waals surface area contributed by atoms with Crippen LogP contribution >= 0.6 is 0 Å². The Kier molecular flexibility index (Phi) is 4.29. The molecule has 3 rings (SSSR count). The molecule has 124 valence electrons. The monoisotopic (exact) mass is 327 g/mol. The smallest absolute Gasteiger partial charge is 0.352 e. The van der Waals surface area contributed by atoms with Crippen molar-refractivity contribution in [1.82, 2.24) is 4.98 Å². The molecule has 6 heteroatoms. The van der Waals surface area contributed by atoms with Gasteiger partial charge < -0.3 is 24.3 Å². The lowest BCUT2D eigenvalue weighted by atomic mass is 10.2. The first-order chi connectivity index (χ1) is 11.6. The molecule has 2 aromatic carbocycles. The standard InChI is InChI=1S/C18H17NO5/c1-22-14-9-12-8-13(18(20)21)19-15(12)17(23-2)16(14)24-10-11-6-4-3-5-7-11/h3-9,19H,10H2,1-2H3,(H,20,21). The number of ether oxygens (including phenoxy) is 3. The number of benzene rings is 2. The van der Waals surface area contributed by atoms with Gasteiger partial charge in [0.15, 0.2) is 11.5 Å². The maximum Gasteiger partial charge on any atom is 0.352 e. The van der Waals surface area contributed by atoms with Crippen molar-refractivity contribution in [2.75, 3.05) is 14.2 Å². The van der Waals surface area contributed by atoms with E-state index < -0.39 is 5.97 Å². The number of carboxylic acid groups (broad SMARTS) is 1. The quantitative estimate of drug-likeness (QED) is 0.724. The minimum atomic E-state index is -1.04. The van der Waals surface area contributed by atoms with Crippen molar-refractivity contribution in [1.29, 1.82) is 0 Å². The Morgan fingerprint density at radius 1 is 1.08 bits per heavy atom. The Bertz CT molecular complexity index is 870. The van der Waals surface area contributed by atoms with Crippen molar-refractivity contribution in [2.24, 2.45) is 0 Å². The highest BCUT2D eigenvalue weighted by Gasteiger charge is 2.20. The first-order valence-corrected chi connectivity index (χ1v) is 7.31. The SMILES string of the molecule is COc1cc2cc(C(=O)O)[nH]c2c(OC)c1OCc1ccccc1. The molecule has 0 atom stereocenters. The lowest BCUT2D eigenvalue weighted by Crippen LogP contribution is -2.00. The summed E-state index contributed by atoms with van der Waals surface area (Å²) in [5.74, 6) is 0.271. The number of aromatic nitrogens is 1. The number of aromatic amines is 1. The van der Waals surface area contributed by atoms with Crippen LogP contribution in [0, 0.1) is 0 Å². The van der Waals surface area contributed by atoms with Crippen LogP contribution in [-0.2, 0) is 6.61 Å². The van der Waals surface area contributed by atoms with E-state index in [1.54, 1.807) is 6.07 Å². The third kappa shape index (κ3) is 2.86. The molecule has 0 aliphatic carbocycles. The van der Waals surface area contributed by atoms with Crippen molar-refractivity contribution < 1.29 is 24.1 Å². The molecule has 0 saturated heterocycles. The van der Waals surface area contributed by atoms with E-state index in [0.717, 1.165) is 5.56 Å². The normalized spacial score (nSPS) is 10.6. The number of hydrogen-bond acceptors (Lipinski definition) is 4. The summed E-state index contributed by atoms with van der Waals surface area (Å²) in [6.45, 7) is 0.339. The fourth-order valence-corrected chi connectivity index (χ4v) is 2.53. The fraction of sp³-hybridized carbons (Fsp3) is 0.167. The van der Waals surface area contributed by atoms with Crippen molar-refractivity contribution in [2.45, 2.75) is 6.61 Å². The Morgan fingerprint density at radius 3 is 2.46 bits per heavy atom. The molecule has 0 aliphatic rings. The molecule has 3 aromatic rings. The van der Waals surface area contributed by atoms with E-state index in [1.165, 1.54) is 20.3 Å². The van der Waals surface area contributed by atoms with Gasteiger partial charge in [-0.05, 0) is 17.7 Å². The minimum absolute atomic E-state index is 0.0746. The van der Waals surface area contributed by atoms with E-state index in [2.05, 4.69) is 4.98 Å². The van der Waals surface area contributed by atoms with Gasteiger partial charge in [-0.1, -0.05) is 30.3 Å². The van der Waals surface area contributed by atoms with Crippen molar-refractivity contribution in [3.05, 3.63) is 53.7 Å². The molecule has 1 heterocycles. The van der Waals surface area contributed by atoms with E-state index in [1.807, 2.05) is 30.3 Å². The van der Waals surface area contributed by atoms with Crippen molar-refractivity contribution in [3.8, 4) is 17.2 Å². The summed E-state index contributed by atoms with van der Waals surface area (Å²) in [6.07, 6.45) is 0. The zero-order chi connectivity index (χ0) is 17.1. The molecule has 0 radical (unpaired) electrons. The van der Waals surface area contributed by atoms with Crippen LogP contribution in [0.3, 0.4) is 0 Å². The van der Waals surface area contributed by atoms with Gasteiger partial charge >= 0.3 is 5.97 Å². The number of fused-ring (bicyclic) bond motifs is 1. The number of rotatable bonds is 6. The van der Waals surface area contributed by atoms with Gasteiger partial charge in [-0.3, -0.25) is 0 Å². The summed E-state index contributed by atoms with van der Waals surface area (Å²) < 4.78 is 16.7. The maximum atomic E-state index is 11.2. The molecule has 0 spiro atoms. The van der Waals surface area contributed by atoms with E-state index >= 15 is 0 Å². The number of H-pyrrole nitrogens is 1.